The Morgan fingerprint density at radius 3 is 2.83 bits per heavy atom. The summed E-state index contributed by atoms with van der Waals surface area (Å²) >= 11 is 0. The van der Waals surface area contributed by atoms with E-state index in [1.807, 2.05) is 0 Å². The van der Waals surface area contributed by atoms with Crippen molar-refractivity contribution in [3.63, 3.8) is 0 Å². The number of nitrogens with one attached hydrogen (secondary N) is 1. The number of hydrogen-bond donors (Lipinski definition) is 1. The molecule has 0 amide bonds. The predicted molar refractivity (Wildman–Crippen MR) is 57.5 cm³/mol. The highest BCUT2D eigenvalue weighted by molar-refractivity contribution is 5.90. The third kappa shape index (κ3) is 1.90. The Bertz CT molecular complexity index is 685. The molecule has 18 heavy (non-hydrogen) atoms. The van der Waals surface area contributed by atoms with Crippen molar-refractivity contribution in [2.24, 2.45) is 0 Å². The Morgan fingerprint density at radius 2 is 2.22 bits per heavy atom. The molecule has 0 aliphatic carbocycles. The van der Waals surface area contributed by atoms with Crippen LogP contribution in [0, 0.1) is 10.1 Å². The van der Waals surface area contributed by atoms with Crippen LogP contribution < -0.4 is 10.3 Å². The molecule has 8 heteroatoms. The average molecular weight is 250 g/mol. The first-order valence-electron chi connectivity index (χ1n) is 4.90. The van der Waals surface area contributed by atoms with E-state index in [9.17, 15) is 19.7 Å². The monoisotopic (exact) mass is 250 g/mol. The van der Waals surface area contributed by atoms with Gasteiger partial charge in [0.1, 0.15) is 0 Å². The quantitative estimate of drug-likeness (QED) is 0.366. The summed E-state index contributed by atoms with van der Waals surface area (Å²) in [6.45, 7) is 1.20. The largest absolute Gasteiger partial charge is 0.438 e. The summed E-state index contributed by atoms with van der Waals surface area (Å²) in [5.74, 6) is -0.503. The van der Waals surface area contributed by atoms with Crippen molar-refractivity contribution in [2.75, 3.05) is 0 Å². The Kier molecular flexibility index (Phi) is 2.76. The van der Waals surface area contributed by atoms with Gasteiger partial charge in [0.05, 0.1) is 11.0 Å². The van der Waals surface area contributed by atoms with Crippen LogP contribution in [-0.4, -0.2) is 16.0 Å². The molecule has 92 valence electrons. The maximum Gasteiger partial charge on any atom is 0.438 e. The zero-order valence-electron chi connectivity index (χ0n) is 9.25. The van der Waals surface area contributed by atoms with E-state index in [-0.39, 0.29) is 17.1 Å². The highest BCUT2D eigenvalue weighted by Gasteiger charge is 2.28. The molecular formula is C10H8N3O5+. The Balaban J connectivity index is 2.62. The fourth-order valence-corrected chi connectivity index (χ4v) is 1.50. The highest BCUT2D eigenvalue weighted by atomic mass is 16.6. The van der Waals surface area contributed by atoms with Crippen molar-refractivity contribution in [1.29, 1.82) is 0 Å². The standard InChI is InChI=1S/C10H7N3O5/c1-6(14)9-10(15)18-11-12(9)7-3-2-4-8(5-7)13(16)17/h2-5H,1H3/p+1. The van der Waals surface area contributed by atoms with Gasteiger partial charge in [-0.05, 0) is 16.0 Å². The van der Waals surface area contributed by atoms with Crippen molar-refractivity contribution in [1.82, 2.24) is 5.27 Å². The van der Waals surface area contributed by atoms with E-state index < -0.39 is 16.3 Å². The lowest BCUT2D eigenvalue weighted by atomic mass is 10.2. The number of ketones is 1. The molecule has 0 spiro atoms. The number of aromatic nitrogens is 2. The van der Waals surface area contributed by atoms with E-state index in [0.29, 0.717) is 0 Å². The molecule has 0 aliphatic heterocycles. The van der Waals surface area contributed by atoms with Crippen LogP contribution in [0.4, 0.5) is 5.69 Å². The average Bonchev–Trinajstić information content (AvgIpc) is 2.71. The normalized spacial score (nSPS) is 10.3. The van der Waals surface area contributed by atoms with Gasteiger partial charge in [-0.25, -0.2) is 4.79 Å². The zero-order valence-corrected chi connectivity index (χ0v) is 9.25. The van der Waals surface area contributed by atoms with Crippen LogP contribution in [0.1, 0.15) is 17.4 Å². The first-order valence-corrected chi connectivity index (χ1v) is 4.90. The molecule has 2 rings (SSSR count). The number of nitro benzene ring substituents is 1. The Morgan fingerprint density at radius 1 is 1.50 bits per heavy atom. The second-order valence-electron chi connectivity index (χ2n) is 3.50. The number of carbonyl (C=O) groups is 1. The van der Waals surface area contributed by atoms with Gasteiger partial charge in [0.25, 0.3) is 5.69 Å². The Hall–Kier alpha value is -2.77. The van der Waals surface area contributed by atoms with E-state index in [1.54, 1.807) is 0 Å². The van der Waals surface area contributed by atoms with Crippen LogP contribution in [-0.2, 0) is 0 Å². The van der Waals surface area contributed by atoms with Gasteiger partial charge in [-0.2, -0.15) is 0 Å². The van der Waals surface area contributed by atoms with Gasteiger partial charge in [0.15, 0.2) is 0 Å². The molecule has 0 radical (unpaired) electrons. The van der Waals surface area contributed by atoms with Gasteiger partial charge in [-0.3, -0.25) is 19.4 Å². The summed E-state index contributed by atoms with van der Waals surface area (Å²) < 4.78 is 5.57. The zero-order chi connectivity index (χ0) is 13.3. The highest BCUT2D eigenvalue weighted by Crippen LogP contribution is 2.12. The Labute approximate surface area is 99.6 Å². The number of nitro groups is 1. The summed E-state index contributed by atoms with van der Waals surface area (Å²) in [6.07, 6.45) is 0. The van der Waals surface area contributed by atoms with Crippen molar-refractivity contribution in [3.8, 4) is 5.69 Å². The lowest BCUT2D eigenvalue weighted by Gasteiger charge is -1.92. The molecular weight excluding hydrogens is 242 g/mol. The molecule has 1 aromatic carbocycles. The predicted octanol–water partition coefficient (Wildman–Crippen LogP) is 0.355. The second-order valence-corrected chi connectivity index (χ2v) is 3.50. The van der Waals surface area contributed by atoms with Gasteiger partial charge < -0.3 is 0 Å². The maximum absolute atomic E-state index is 11.3. The van der Waals surface area contributed by atoms with E-state index in [1.165, 1.54) is 31.2 Å². The van der Waals surface area contributed by atoms with Crippen LogP contribution in [0.25, 0.3) is 5.69 Å². The van der Waals surface area contributed by atoms with E-state index in [2.05, 4.69) is 9.79 Å². The smallest absolute Gasteiger partial charge is 0.287 e. The number of nitrogens with zero attached hydrogens (tertiary/aromatic N) is 2. The van der Waals surface area contributed by atoms with E-state index in [4.69, 9.17) is 0 Å². The van der Waals surface area contributed by atoms with Gasteiger partial charge in [-0.1, -0.05) is 0 Å². The molecule has 2 aromatic rings. The summed E-state index contributed by atoms with van der Waals surface area (Å²) in [4.78, 5) is 32.7. The molecule has 1 N–H and O–H groups in total. The number of H-pyrrole nitrogens is 1. The first kappa shape index (κ1) is 11.7. The number of Topliss-reactive ketones (excluding diaryl/α,β-unsaturated/α-hetero) is 1. The molecule has 0 saturated carbocycles. The molecule has 0 atom stereocenters. The molecule has 0 unspecified atom stereocenters. The maximum atomic E-state index is 11.3. The lowest BCUT2D eigenvalue weighted by molar-refractivity contribution is -0.672. The number of non-ortho nitro benzene ring substituents is 1. The molecule has 0 fully saturated rings. The van der Waals surface area contributed by atoms with Crippen LogP contribution in [0.5, 0.6) is 0 Å². The fraction of sp³-hybridized carbons (Fsp3) is 0.100. The van der Waals surface area contributed by atoms with Gasteiger partial charge in [0.2, 0.25) is 11.5 Å². The number of hydrogen-bond acceptors (Lipinski definition) is 5. The van der Waals surface area contributed by atoms with Crippen LogP contribution >= 0.6 is 0 Å². The van der Waals surface area contributed by atoms with E-state index in [0.717, 1.165) is 4.68 Å². The summed E-state index contributed by atoms with van der Waals surface area (Å²) in [5, 5.41) is 12.9. The summed E-state index contributed by atoms with van der Waals surface area (Å²) in [5.41, 5.74) is -0.943. The third-order valence-electron chi connectivity index (χ3n) is 2.28. The van der Waals surface area contributed by atoms with Gasteiger partial charge in [-0.15, -0.1) is 0 Å². The second kappa shape index (κ2) is 4.24. The topological polar surface area (TPSA) is 110 Å². The third-order valence-corrected chi connectivity index (χ3v) is 2.28. The molecule has 1 aromatic heterocycles. The number of benzene rings is 1. The minimum Gasteiger partial charge on any atom is -0.287 e. The van der Waals surface area contributed by atoms with E-state index >= 15 is 0 Å². The summed E-state index contributed by atoms with van der Waals surface area (Å²) in [6, 6.07) is 5.47. The SMILES string of the molecule is CC(=O)c1c(=O)o[nH][n+]1-c1cccc([N+](=O)[O-])c1. The molecule has 0 aliphatic rings. The number of carbonyl (C=O) groups excluding carboxylic acids is 1. The number of aromatic amines is 1. The van der Waals surface area contributed by atoms with Crippen molar-refractivity contribution in [3.05, 3.63) is 50.5 Å². The van der Waals surface area contributed by atoms with Crippen LogP contribution in [0.3, 0.4) is 0 Å². The fourth-order valence-electron chi connectivity index (χ4n) is 1.50. The van der Waals surface area contributed by atoms with Crippen molar-refractivity contribution >= 4 is 11.5 Å². The minimum atomic E-state index is -0.825. The minimum absolute atomic E-state index is 0.156. The molecule has 8 nitrogen and oxygen atoms in total. The van der Waals surface area contributed by atoms with Crippen LogP contribution in [0.15, 0.2) is 33.6 Å². The molecule has 0 bridgehead atoms. The number of rotatable bonds is 3. The van der Waals surface area contributed by atoms with Gasteiger partial charge in [0, 0.05) is 19.1 Å². The van der Waals surface area contributed by atoms with Crippen molar-refractivity contribution < 1.29 is 18.9 Å². The molecule has 0 saturated heterocycles. The van der Waals surface area contributed by atoms with Crippen molar-refractivity contribution in [2.45, 2.75) is 6.92 Å². The summed E-state index contributed by atoms with van der Waals surface area (Å²) in [7, 11) is 0. The first-order chi connectivity index (χ1) is 8.50. The molecule has 1 heterocycles. The van der Waals surface area contributed by atoms with Crippen LogP contribution in [0.2, 0.25) is 0 Å². The lowest BCUT2D eigenvalue weighted by Crippen LogP contribution is -2.40. The van der Waals surface area contributed by atoms with Gasteiger partial charge >= 0.3 is 11.3 Å².